The summed E-state index contributed by atoms with van der Waals surface area (Å²) in [4.78, 5) is 22.3. The molecule has 1 aliphatic rings. The smallest absolute Gasteiger partial charge is 0.252 e. The normalized spacial score (nSPS) is 18.5. The number of nitrogens with one attached hydrogen (secondary N) is 1. The Morgan fingerprint density at radius 2 is 2.14 bits per heavy atom. The molecular formula is C26H26ClFN6O3. The molecule has 5 rings (SSSR count). The van der Waals surface area contributed by atoms with Crippen molar-refractivity contribution in [2.24, 2.45) is 7.05 Å². The maximum atomic E-state index is 14.3. The monoisotopic (exact) mass is 524 g/mol. The first-order chi connectivity index (χ1) is 17.9. The van der Waals surface area contributed by atoms with Gasteiger partial charge in [0.15, 0.2) is 0 Å². The van der Waals surface area contributed by atoms with Crippen LogP contribution in [0.25, 0.3) is 11.3 Å². The third-order valence-corrected chi connectivity index (χ3v) is 6.69. The minimum atomic E-state index is -0.599. The van der Waals surface area contributed by atoms with Gasteiger partial charge < -0.3 is 19.7 Å². The van der Waals surface area contributed by atoms with E-state index in [2.05, 4.69) is 20.4 Å². The van der Waals surface area contributed by atoms with Crippen LogP contribution in [-0.4, -0.2) is 54.8 Å². The lowest BCUT2D eigenvalue weighted by Gasteiger charge is -2.29. The summed E-state index contributed by atoms with van der Waals surface area (Å²) < 4.78 is 23.0. The largest absolute Gasteiger partial charge is 0.394 e. The van der Waals surface area contributed by atoms with E-state index in [4.69, 9.17) is 16.3 Å². The van der Waals surface area contributed by atoms with Crippen molar-refractivity contribution in [1.82, 2.24) is 24.3 Å². The van der Waals surface area contributed by atoms with Crippen LogP contribution >= 0.6 is 11.6 Å². The number of benzene rings is 1. The Labute approximate surface area is 217 Å². The van der Waals surface area contributed by atoms with Gasteiger partial charge in [-0.1, -0.05) is 17.7 Å². The summed E-state index contributed by atoms with van der Waals surface area (Å²) >= 11 is 5.90. The molecule has 1 aromatic carbocycles. The molecule has 3 atom stereocenters. The summed E-state index contributed by atoms with van der Waals surface area (Å²) in [5.74, 6) is -0.122. The lowest BCUT2D eigenvalue weighted by Crippen LogP contribution is -2.36. The Kier molecular flexibility index (Phi) is 7.31. The third-order valence-electron chi connectivity index (χ3n) is 6.38. The molecule has 0 bridgehead atoms. The van der Waals surface area contributed by atoms with Gasteiger partial charge in [0.05, 0.1) is 35.7 Å². The molecule has 1 saturated heterocycles. The molecule has 192 valence electrons. The Morgan fingerprint density at radius 3 is 2.86 bits per heavy atom. The number of pyridine rings is 1. The van der Waals surface area contributed by atoms with Gasteiger partial charge in [-0.05, 0) is 42.7 Å². The molecule has 4 heterocycles. The van der Waals surface area contributed by atoms with Gasteiger partial charge >= 0.3 is 0 Å². The van der Waals surface area contributed by atoms with Gasteiger partial charge in [-0.15, -0.1) is 0 Å². The highest BCUT2D eigenvalue weighted by atomic mass is 35.5. The van der Waals surface area contributed by atoms with E-state index in [1.54, 1.807) is 54.7 Å². The maximum absolute atomic E-state index is 14.3. The fraction of sp³-hybridized carbons (Fsp3) is 0.308. The zero-order chi connectivity index (χ0) is 25.9. The van der Waals surface area contributed by atoms with Crippen LogP contribution in [0.4, 0.5) is 10.3 Å². The van der Waals surface area contributed by atoms with Gasteiger partial charge in [0.2, 0.25) is 5.95 Å². The first-order valence-corrected chi connectivity index (χ1v) is 12.3. The van der Waals surface area contributed by atoms with E-state index in [1.165, 1.54) is 22.8 Å². The minimum absolute atomic E-state index is 0.0113. The first-order valence-electron chi connectivity index (χ1n) is 11.9. The van der Waals surface area contributed by atoms with Crippen molar-refractivity contribution in [2.75, 3.05) is 18.5 Å². The number of aryl methyl sites for hydroxylation is 1. The highest BCUT2D eigenvalue weighted by molar-refractivity contribution is 6.30. The van der Waals surface area contributed by atoms with Gasteiger partial charge in [-0.3, -0.25) is 9.48 Å². The molecule has 2 N–H and O–H groups in total. The predicted molar refractivity (Wildman–Crippen MR) is 137 cm³/mol. The molecule has 4 aromatic rings. The van der Waals surface area contributed by atoms with Crippen LogP contribution in [0.5, 0.6) is 0 Å². The van der Waals surface area contributed by atoms with Gasteiger partial charge in [-0.2, -0.15) is 5.10 Å². The Bertz CT molecular complexity index is 1460. The lowest BCUT2D eigenvalue weighted by atomic mass is 10.0. The fourth-order valence-corrected chi connectivity index (χ4v) is 4.67. The van der Waals surface area contributed by atoms with Gasteiger partial charge in [0.1, 0.15) is 5.82 Å². The van der Waals surface area contributed by atoms with E-state index in [9.17, 15) is 14.3 Å². The molecule has 0 saturated carbocycles. The molecule has 0 spiro atoms. The molecule has 37 heavy (non-hydrogen) atoms. The quantitative estimate of drug-likeness (QED) is 0.381. The number of nitrogens with zero attached hydrogens (tertiary/aromatic N) is 5. The summed E-state index contributed by atoms with van der Waals surface area (Å²) in [6.07, 6.45) is 7.97. The van der Waals surface area contributed by atoms with Crippen molar-refractivity contribution in [3.05, 3.63) is 93.5 Å². The summed E-state index contributed by atoms with van der Waals surface area (Å²) in [5.41, 5.74) is 2.22. The molecule has 11 heteroatoms. The van der Waals surface area contributed by atoms with E-state index < -0.39 is 11.9 Å². The molecule has 1 unspecified atom stereocenters. The second kappa shape index (κ2) is 10.8. The number of rotatable bonds is 7. The number of anilines is 1. The third kappa shape index (κ3) is 5.56. The SMILES string of the molecule is Cn1cc(C(c2ccc(Cl)c(F)c2)n2ccc(-c3ccnc(N[C@@H]4CCO[C@H](CO)C4)n3)cc2=O)cn1. The zero-order valence-electron chi connectivity index (χ0n) is 20.1. The van der Waals surface area contributed by atoms with Crippen LogP contribution in [0.15, 0.2) is 66.0 Å². The van der Waals surface area contributed by atoms with E-state index >= 15 is 0 Å². The summed E-state index contributed by atoms with van der Waals surface area (Å²) in [5, 5.41) is 16.9. The Hall–Kier alpha value is -3.60. The highest BCUT2D eigenvalue weighted by Crippen LogP contribution is 2.29. The Morgan fingerprint density at radius 1 is 1.27 bits per heavy atom. The van der Waals surface area contributed by atoms with Crippen molar-refractivity contribution in [3.8, 4) is 11.3 Å². The van der Waals surface area contributed by atoms with Crippen LogP contribution in [0.2, 0.25) is 5.02 Å². The van der Waals surface area contributed by atoms with Gasteiger partial charge in [0.25, 0.3) is 5.56 Å². The van der Waals surface area contributed by atoms with Crippen LogP contribution < -0.4 is 10.9 Å². The molecule has 0 radical (unpaired) electrons. The van der Waals surface area contributed by atoms with Crippen molar-refractivity contribution in [1.29, 1.82) is 0 Å². The van der Waals surface area contributed by atoms with Crippen LogP contribution in [0.1, 0.15) is 30.0 Å². The van der Waals surface area contributed by atoms with E-state index in [0.29, 0.717) is 35.8 Å². The van der Waals surface area contributed by atoms with E-state index in [0.717, 1.165) is 12.0 Å². The topological polar surface area (TPSA) is 107 Å². The second-order valence-corrected chi connectivity index (χ2v) is 9.40. The van der Waals surface area contributed by atoms with Crippen LogP contribution in [0.3, 0.4) is 0 Å². The average molecular weight is 525 g/mol. The number of aromatic nitrogens is 5. The van der Waals surface area contributed by atoms with Crippen molar-refractivity contribution >= 4 is 17.5 Å². The number of hydrogen-bond donors (Lipinski definition) is 2. The number of ether oxygens (including phenoxy) is 1. The van der Waals surface area contributed by atoms with Crippen LogP contribution in [0, 0.1) is 5.82 Å². The summed E-state index contributed by atoms with van der Waals surface area (Å²) in [7, 11) is 1.78. The van der Waals surface area contributed by atoms with Crippen molar-refractivity contribution in [3.63, 3.8) is 0 Å². The molecular weight excluding hydrogens is 499 g/mol. The molecule has 0 amide bonds. The number of hydrogen-bond acceptors (Lipinski definition) is 7. The van der Waals surface area contributed by atoms with Crippen molar-refractivity contribution < 1.29 is 14.2 Å². The first kappa shape index (κ1) is 25.1. The van der Waals surface area contributed by atoms with E-state index in [-0.39, 0.29) is 29.3 Å². The predicted octanol–water partition coefficient (Wildman–Crippen LogP) is 3.42. The molecule has 0 aliphatic carbocycles. The fourth-order valence-electron chi connectivity index (χ4n) is 4.55. The van der Waals surface area contributed by atoms with Crippen LogP contribution in [-0.2, 0) is 11.8 Å². The maximum Gasteiger partial charge on any atom is 0.252 e. The summed E-state index contributed by atoms with van der Waals surface area (Å²) in [6.45, 7) is 0.522. The summed E-state index contributed by atoms with van der Waals surface area (Å²) in [6, 6.07) is 9.01. The Balaban J connectivity index is 1.45. The highest BCUT2D eigenvalue weighted by Gasteiger charge is 2.23. The molecule has 9 nitrogen and oxygen atoms in total. The zero-order valence-corrected chi connectivity index (χ0v) is 20.8. The second-order valence-electron chi connectivity index (χ2n) is 8.99. The van der Waals surface area contributed by atoms with Gasteiger partial charge in [-0.25, -0.2) is 14.4 Å². The van der Waals surface area contributed by atoms with E-state index in [1.807, 2.05) is 0 Å². The average Bonchev–Trinajstić information content (AvgIpc) is 3.33. The molecule has 1 fully saturated rings. The minimum Gasteiger partial charge on any atom is -0.394 e. The number of aliphatic hydroxyl groups excluding tert-OH is 1. The lowest BCUT2D eigenvalue weighted by molar-refractivity contribution is -0.0213. The van der Waals surface area contributed by atoms with Gasteiger partial charge in [0, 0.05) is 55.5 Å². The molecule has 3 aromatic heterocycles. The number of halogens is 2. The molecule has 1 aliphatic heterocycles. The number of aliphatic hydroxyl groups is 1. The van der Waals surface area contributed by atoms with Crippen molar-refractivity contribution in [2.45, 2.75) is 31.0 Å². The standard InChI is InChI=1S/C26H26ClFN6O3/c1-33-14-18(13-30-33)25(17-2-3-21(27)22(28)10-17)34-8-5-16(11-24(34)36)23-4-7-29-26(32-23)31-19-6-9-37-20(12-19)15-35/h2-5,7-8,10-11,13-14,19-20,25,35H,6,9,12,15H2,1H3,(H,29,31,32)/t19-,20+,25?/m1/s1.